The minimum absolute atomic E-state index is 0.0569. The van der Waals surface area contributed by atoms with Gasteiger partial charge in [0.2, 0.25) is 11.7 Å². The molecule has 0 aliphatic heterocycles. The van der Waals surface area contributed by atoms with Crippen LogP contribution in [0.2, 0.25) is 0 Å². The Morgan fingerprint density at radius 3 is 2.08 bits per heavy atom. The number of hydrogen-bond donors (Lipinski definition) is 1. The number of hydrogen-bond acceptors (Lipinski definition) is 5. The highest BCUT2D eigenvalue weighted by atomic mass is 16.5. The topological polar surface area (TPSA) is 77.1 Å². The first-order chi connectivity index (χ1) is 19.4. The Morgan fingerprint density at radius 1 is 0.875 bits per heavy atom. The molecule has 7 heteroatoms. The molecule has 4 rings (SSSR count). The molecular formula is C33H36N2O5. The van der Waals surface area contributed by atoms with E-state index in [2.05, 4.69) is 17.2 Å². The summed E-state index contributed by atoms with van der Waals surface area (Å²) in [5, 5.41) is 3.22. The molecule has 0 radical (unpaired) electrons. The number of anilines is 1. The maximum absolute atomic E-state index is 14.1. The largest absolute Gasteiger partial charge is 0.493 e. The molecule has 1 atom stereocenters. The second kappa shape index (κ2) is 13.6. The predicted octanol–water partition coefficient (Wildman–Crippen LogP) is 5.60. The third kappa shape index (κ3) is 6.76. The average Bonchev–Trinajstić information content (AvgIpc) is 2.99. The first-order valence-corrected chi connectivity index (χ1v) is 13.5. The normalized spacial score (nSPS) is 13.8. The molecule has 7 nitrogen and oxygen atoms in total. The molecular weight excluding hydrogens is 504 g/mol. The zero-order valence-electron chi connectivity index (χ0n) is 23.5. The van der Waals surface area contributed by atoms with Gasteiger partial charge in [-0.1, -0.05) is 73.2 Å². The van der Waals surface area contributed by atoms with Crippen LogP contribution in [0.1, 0.15) is 54.8 Å². The highest BCUT2D eigenvalue weighted by Gasteiger charge is 2.35. The number of ether oxygens (including phenoxy) is 3. The van der Waals surface area contributed by atoms with E-state index in [1.165, 1.54) is 32.7 Å². The van der Waals surface area contributed by atoms with Gasteiger partial charge < -0.3 is 19.5 Å². The molecule has 1 fully saturated rings. The fraction of sp³-hybridized carbons (Fsp3) is 0.333. The number of benzene rings is 3. The number of amides is 2. The smallest absolute Gasteiger partial charge is 0.304 e. The molecule has 2 amide bonds. The lowest BCUT2D eigenvalue weighted by atomic mass is 9.94. The lowest BCUT2D eigenvalue weighted by Gasteiger charge is -2.33. The van der Waals surface area contributed by atoms with Crippen molar-refractivity contribution in [1.29, 1.82) is 0 Å². The Hall–Kier alpha value is -4.44. The molecule has 1 unspecified atom stereocenters. The van der Waals surface area contributed by atoms with Crippen molar-refractivity contribution in [2.75, 3.05) is 26.2 Å². The molecule has 1 N–H and O–H groups in total. The van der Waals surface area contributed by atoms with Crippen LogP contribution in [0.15, 0.2) is 66.7 Å². The monoisotopic (exact) mass is 540 g/mol. The third-order valence-electron chi connectivity index (χ3n) is 7.09. The number of aryl methyl sites for hydroxylation is 1. The van der Waals surface area contributed by atoms with Crippen LogP contribution in [-0.2, 0) is 9.59 Å². The predicted molar refractivity (Wildman–Crippen MR) is 156 cm³/mol. The van der Waals surface area contributed by atoms with Gasteiger partial charge in [0.1, 0.15) is 6.04 Å². The van der Waals surface area contributed by atoms with E-state index in [-0.39, 0.29) is 11.9 Å². The van der Waals surface area contributed by atoms with Crippen LogP contribution in [0.3, 0.4) is 0 Å². The highest BCUT2D eigenvalue weighted by molar-refractivity contribution is 6.10. The summed E-state index contributed by atoms with van der Waals surface area (Å²) in [4.78, 5) is 29.5. The summed E-state index contributed by atoms with van der Waals surface area (Å²) in [6.07, 6.45) is 5.13. The number of nitrogens with one attached hydrogen (secondary N) is 1. The zero-order valence-corrected chi connectivity index (χ0v) is 23.5. The van der Waals surface area contributed by atoms with Gasteiger partial charge in [-0.25, -0.2) is 0 Å². The minimum Gasteiger partial charge on any atom is -0.493 e. The van der Waals surface area contributed by atoms with Crippen molar-refractivity contribution in [2.24, 2.45) is 0 Å². The van der Waals surface area contributed by atoms with Gasteiger partial charge in [-0.15, -0.1) is 0 Å². The summed E-state index contributed by atoms with van der Waals surface area (Å²) in [7, 11) is 4.53. The minimum atomic E-state index is -0.983. The van der Waals surface area contributed by atoms with Crippen LogP contribution in [-0.4, -0.2) is 39.2 Å². The third-order valence-corrected chi connectivity index (χ3v) is 7.09. The van der Waals surface area contributed by atoms with Crippen molar-refractivity contribution >= 4 is 17.5 Å². The Bertz CT molecular complexity index is 1340. The lowest BCUT2D eigenvalue weighted by molar-refractivity contribution is -0.125. The van der Waals surface area contributed by atoms with Gasteiger partial charge in [-0.05, 0) is 37.5 Å². The molecule has 0 spiro atoms. The van der Waals surface area contributed by atoms with Crippen molar-refractivity contribution in [3.63, 3.8) is 0 Å². The van der Waals surface area contributed by atoms with E-state index < -0.39 is 11.9 Å². The fourth-order valence-electron chi connectivity index (χ4n) is 4.99. The van der Waals surface area contributed by atoms with Crippen molar-refractivity contribution in [2.45, 2.75) is 51.1 Å². The van der Waals surface area contributed by atoms with Gasteiger partial charge in [0.25, 0.3) is 0 Å². The summed E-state index contributed by atoms with van der Waals surface area (Å²) in [5.41, 5.74) is 2.80. The van der Waals surface area contributed by atoms with Crippen molar-refractivity contribution in [3.8, 4) is 29.1 Å². The number of methoxy groups -OCH3 is 3. The standard InChI is InChI=1S/C33H36N2O5/c1-23-15-18-25(19-16-23)31(33(37)34-26-13-9-6-10-14-26)35(30(36)20-17-24-11-7-5-8-12-24)27-21-28(38-2)32(40-4)29(22-27)39-3/h5,7-8,11-12,15-16,18-19,21-22,26,31H,6,9-10,13-14H2,1-4H3,(H,34,37). The molecule has 0 saturated heterocycles. The van der Waals surface area contributed by atoms with Crippen molar-refractivity contribution in [3.05, 3.63) is 83.4 Å². The van der Waals surface area contributed by atoms with Crippen LogP contribution >= 0.6 is 0 Å². The SMILES string of the molecule is COc1cc(N(C(=O)C#Cc2ccccc2)C(C(=O)NC2CCCCC2)c2ccc(C)cc2)cc(OC)c1OC. The summed E-state index contributed by atoms with van der Waals surface area (Å²) in [5.74, 6) is 6.02. The van der Waals surface area contributed by atoms with E-state index in [1.807, 2.05) is 61.5 Å². The molecule has 1 aliphatic carbocycles. The number of nitrogens with zero attached hydrogens (tertiary/aromatic N) is 1. The molecule has 0 aromatic heterocycles. The van der Waals surface area contributed by atoms with Crippen LogP contribution in [0.5, 0.6) is 17.2 Å². The number of carbonyl (C=O) groups excluding carboxylic acids is 2. The second-order valence-corrected chi connectivity index (χ2v) is 9.83. The summed E-state index contributed by atoms with van der Waals surface area (Å²) >= 11 is 0. The Balaban J connectivity index is 1.87. The Morgan fingerprint density at radius 2 is 1.50 bits per heavy atom. The maximum Gasteiger partial charge on any atom is 0.304 e. The molecule has 0 bridgehead atoms. The van der Waals surface area contributed by atoms with E-state index in [0.717, 1.165) is 31.2 Å². The van der Waals surface area contributed by atoms with Gasteiger partial charge in [-0.3, -0.25) is 14.5 Å². The first-order valence-electron chi connectivity index (χ1n) is 13.5. The average molecular weight is 541 g/mol. The van der Waals surface area contributed by atoms with Crippen LogP contribution < -0.4 is 24.4 Å². The molecule has 0 heterocycles. The van der Waals surface area contributed by atoms with E-state index in [1.54, 1.807) is 12.1 Å². The van der Waals surface area contributed by atoms with Gasteiger partial charge in [-0.2, -0.15) is 0 Å². The van der Waals surface area contributed by atoms with Gasteiger partial charge in [0, 0.05) is 29.7 Å². The zero-order chi connectivity index (χ0) is 28.5. The van der Waals surface area contributed by atoms with Crippen LogP contribution in [0, 0.1) is 18.8 Å². The molecule has 1 aliphatic rings. The van der Waals surface area contributed by atoms with E-state index in [4.69, 9.17) is 14.2 Å². The molecule has 3 aromatic carbocycles. The summed E-state index contributed by atoms with van der Waals surface area (Å²) in [6.45, 7) is 1.98. The van der Waals surface area contributed by atoms with Gasteiger partial charge in [0.15, 0.2) is 11.5 Å². The van der Waals surface area contributed by atoms with Gasteiger partial charge in [0.05, 0.1) is 27.0 Å². The van der Waals surface area contributed by atoms with E-state index >= 15 is 0 Å². The maximum atomic E-state index is 14.1. The van der Waals surface area contributed by atoms with Crippen LogP contribution in [0.4, 0.5) is 5.69 Å². The second-order valence-electron chi connectivity index (χ2n) is 9.83. The lowest BCUT2D eigenvalue weighted by Crippen LogP contribution is -2.47. The Labute approximate surface area is 236 Å². The molecule has 3 aromatic rings. The number of rotatable bonds is 8. The summed E-state index contributed by atoms with van der Waals surface area (Å²) in [6, 6.07) is 19.3. The van der Waals surface area contributed by atoms with Gasteiger partial charge >= 0.3 is 5.91 Å². The summed E-state index contributed by atoms with van der Waals surface area (Å²) < 4.78 is 16.7. The molecule has 40 heavy (non-hydrogen) atoms. The Kier molecular flexibility index (Phi) is 9.69. The molecule has 208 valence electrons. The van der Waals surface area contributed by atoms with Crippen LogP contribution in [0.25, 0.3) is 0 Å². The fourth-order valence-corrected chi connectivity index (χ4v) is 4.99. The first kappa shape index (κ1) is 28.6. The molecule has 1 saturated carbocycles. The van der Waals surface area contributed by atoms with Crippen molar-refractivity contribution < 1.29 is 23.8 Å². The van der Waals surface area contributed by atoms with E-state index in [0.29, 0.717) is 34.1 Å². The number of carbonyl (C=O) groups is 2. The van der Waals surface area contributed by atoms with E-state index in [9.17, 15) is 9.59 Å². The quantitative estimate of drug-likeness (QED) is 0.377. The van der Waals surface area contributed by atoms with Crippen molar-refractivity contribution in [1.82, 2.24) is 5.32 Å². The highest BCUT2D eigenvalue weighted by Crippen LogP contribution is 2.43.